The minimum absolute atomic E-state index is 0.863. The van der Waals surface area contributed by atoms with E-state index in [1.807, 2.05) is 24.5 Å². The van der Waals surface area contributed by atoms with Gasteiger partial charge in [0, 0.05) is 24.5 Å². The molecular formula is C34H24N2. The van der Waals surface area contributed by atoms with Crippen molar-refractivity contribution in [1.82, 2.24) is 4.98 Å². The van der Waals surface area contributed by atoms with Crippen LogP contribution in [0, 0.1) is 0 Å². The zero-order valence-electron chi connectivity index (χ0n) is 19.9. The average molecular weight is 461 g/mol. The SMILES string of the molecule is C1=NCCC=C1c1cc(-c2ccc3c4ccccc4c4ccccc4c3c2)cc(-c2ccccn2)c1. The van der Waals surface area contributed by atoms with E-state index in [-0.39, 0.29) is 0 Å². The van der Waals surface area contributed by atoms with Crippen LogP contribution in [0.5, 0.6) is 0 Å². The molecule has 2 heteroatoms. The number of allylic oxidation sites excluding steroid dienone is 1. The lowest BCUT2D eigenvalue weighted by Crippen LogP contribution is -1.96. The van der Waals surface area contributed by atoms with Crippen LogP contribution in [0.2, 0.25) is 0 Å². The largest absolute Gasteiger partial charge is 0.292 e. The molecule has 6 aromatic rings. The highest BCUT2D eigenvalue weighted by Gasteiger charge is 2.13. The van der Waals surface area contributed by atoms with Crippen LogP contribution in [0.15, 0.2) is 120 Å². The molecule has 0 saturated heterocycles. The van der Waals surface area contributed by atoms with Crippen LogP contribution < -0.4 is 0 Å². The van der Waals surface area contributed by atoms with Gasteiger partial charge in [-0.2, -0.15) is 0 Å². The Balaban J connectivity index is 1.49. The molecule has 0 N–H and O–H groups in total. The van der Waals surface area contributed by atoms with Gasteiger partial charge >= 0.3 is 0 Å². The first-order chi connectivity index (χ1) is 17.8. The summed E-state index contributed by atoms with van der Waals surface area (Å²) in [5.74, 6) is 0. The van der Waals surface area contributed by atoms with Crippen LogP contribution in [-0.2, 0) is 0 Å². The number of fused-ring (bicyclic) bond motifs is 6. The summed E-state index contributed by atoms with van der Waals surface area (Å²) in [5.41, 5.74) is 6.85. The molecule has 0 atom stereocenters. The molecule has 1 aromatic heterocycles. The Bertz CT molecular complexity index is 1790. The summed E-state index contributed by atoms with van der Waals surface area (Å²) in [6.45, 7) is 0.863. The smallest absolute Gasteiger partial charge is 0.0702 e. The molecule has 0 unspecified atom stereocenters. The van der Waals surface area contributed by atoms with Crippen LogP contribution in [0.1, 0.15) is 12.0 Å². The molecule has 0 spiro atoms. The number of aliphatic imine (C=N–C) groups is 1. The van der Waals surface area contributed by atoms with Crippen molar-refractivity contribution in [3.63, 3.8) is 0 Å². The minimum Gasteiger partial charge on any atom is -0.292 e. The molecule has 0 aliphatic carbocycles. The molecule has 2 heterocycles. The molecule has 1 aliphatic rings. The Morgan fingerprint density at radius 1 is 0.500 bits per heavy atom. The zero-order chi connectivity index (χ0) is 23.9. The van der Waals surface area contributed by atoms with E-state index in [0.717, 1.165) is 24.2 Å². The van der Waals surface area contributed by atoms with Crippen LogP contribution in [0.3, 0.4) is 0 Å². The van der Waals surface area contributed by atoms with Gasteiger partial charge in [-0.15, -0.1) is 0 Å². The van der Waals surface area contributed by atoms with Gasteiger partial charge in [0.05, 0.1) is 5.69 Å². The van der Waals surface area contributed by atoms with Gasteiger partial charge in [0.25, 0.3) is 0 Å². The molecule has 0 bridgehead atoms. The van der Waals surface area contributed by atoms with Gasteiger partial charge in [-0.3, -0.25) is 9.98 Å². The maximum atomic E-state index is 4.64. The van der Waals surface area contributed by atoms with Crippen molar-refractivity contribution in [3.05, 3.63) is 121 Å². The third kappa shape index (κ3) is 3.50. The summed E-state index contributed by atoms with van der Waals surface area (Å²) in [5, 5.41) is 7.75. The molecule has 0 amide bonds. The van der Waals surface area contributed by atoms with Crippen LogP contribution in [-0.4, -0.2) is 17.7 Å². The fourth-order valence-corrected chi connectivity index (χ4v) is 5.43. The van der Waals surface area contributed by atoms with Crippen molar-refractivity contribution < 1.29 is 0 Å². The Hall–Kier alpha value is -4.56. The monoisotopic (exact) mass is 460 g/mol. The molecule has 0 fully saturated rings. The van der Waals surface area contributed by atoms with Gasteiger partial charge in [0.1, 0.15) is 0 Å². The van der Waals surface area contributed by atoms with Gasteiger partial charge in [-0.05, 0) is 97.4 Å². The predicted molar refractivity (Wildman–Crippen MR) is 154 cm³/mol. The van der Waals surface area contributed by atoms with E-state index in [1.54, 1.807) is 0 Å². The van der Waals surface area contributed by atoms with Gasteiger partial charge in [-0.1, -0.05) is 72.8 Å². The van der Waals surface area contributed by atoms with E-state index < -0.39 is 0 Å². The lowest BCUT2D eigenvalue weighted by molar-refractivity contribution is 1.01. The Morgan fingerprint density at radius 3 is 1.81 bits per heavy atom. The first kappa shape index (κ1) is 20.8. The van der Waals surface area contributed by atoms with Gasteiger partial charge in [-0.25, -0.2) is 0 Å². The quantitative estimate of drug-likeness (QED) is 0.242. The topological polar surface area (TPSA) is 25.2 Å². The Kier molecular flexibility index (Phi) is 4.96. The Labute approximate surface area is 210 Å². The highest BCUT2D eigenvalue weighted by atomic mass is 14.7. The second kappa shape index (κ2) is 8.58. The summed E-state index contributed by atoms with van der Waals surface area (Å²) >= 11 is 0. The van der Waals surface area contributed by atoms with Gasteiger partial charge in [0.15, 0.2) is 0 Å². The molecule has 36 heavy (non-hydrogen) atoms. The standard InChI is InChI=1S/C34H24N2/c1-2-11-30-28(9-1)29-10-3-4-12-31(29)33-21-23(14-15-32(30)33)25-18-26(24-8-7-16-35-22-24)20-27(19-25)34-13-5-6-17-36-34/h1-6,8-15,17-22H,7,16H2. The summed E-state index contributed by atoms with van der Waals surface area (Å²) in [6.07, 6.45) is 7.12. The summed E-state index contributed by atoms with van der Waals surface area (Å²) in [6, 6.07) is 37.2. The summed E-state index contributed by atoms with van der Waals surface area (Å²) in [4.78, 5) is 9.18. The maximum absolute atomic E-state index is 4.64. The highest BCUT2D eigenvalue weighted by molar-refractivity contribution is 6.25. The molecule has 2 nitrogen and oxygen atoms in total. The predicted octanol–water partition coefficient (Wildman–Crippen LogP) is 8.73. The molecule has 170 valence electrons. The molecule has 5 aromatic carbocycles. The first-order valence-corrected chi connectivity index (χ1v) is 12.5. The Morgan fingerprint density at radius 2 is 1.14 bits per heavy atom. The van der Waals surface area contributed by atoms with E-state index >= 15 is 0 Å². The van der Waals surface area contributed by atoms with E-state index in [9.17, 15) is 0 Å². The van der Waals surface area contributed by atoms with Crippen molar-refractivity contribution in [2.75, 3.05) is 6.54 Å². The number of dihydropyridines is 1. The second-order valence-electron chi connectivity index (χ2n) is 9.35. The van der Waals surface area contributed by atoms with Crippen molar-refractivity contribution in [2.24, 2.45) is 4.99 Å². The molecule has 0 radical (unpaired) electrons. The fraction of sp³-hybridized carbons (Fsp3) is 0.0588. The average Bonchev–Trinajstić information content (AvgIpc) is 2.98. The number of pyridine rings is 1. The first-order valence-electron chi connectivity index (χ1n) is 12.5. The maximum Gasteiger partial charge on any atom is 0.0702 e. The normalized spacial score (nSPS) is 13.4. The number of hydrogen-bond acceptors (Lipinski definition) is 2. The van der Waals surface area contributed by atoms with Crippen LogP contribution in [0.4, 0.5) is 0 Å². The molecular weight excluding hydrogens is 436 g/mol. The van der Waals surface area contributed by atoms with Crippen LogP contribution in [0.25, 0.3) is 60.3 Å². The van der Waals surface area contributed by atoms with E-state index in [0.29, 0.717) is 0 Å². The third-order valence-electron chi connectivity index (χ3n) is 7.16. The van der Waals surface area contributed by atoms with E-state index in [4.69, 9.17) is 0 Å². The number of hydrogen-bond donors (Lipinski definition) is 0. The van der Waals surface area contributed by atoms with Crippen molar-refractivity contribution >= 4 is 44.1 Å². The molecule has 7 rings (SSSR count). The number of benzene rings is 5. The second-order valence-corrected chi connectivity index (χ2v) is 9.35. The van der Waals surface area contributed by atoms with E-state index in [1.165, 1.54) is 54.6 Å². The number of nitrogens with zero attached hydrogens (tertiary/aromatic N) is 2. The number of rotatable bonds is 3. The number of aromatic nitrogens is 1. The molecule has 0 saturated carbocycles. The van der Waals surface area contributed by atoms with Crippen LogP contribution >= 0.6 is 0 Å². The fourth-order valence-electron chi connectivity index (χ4n) is 5.43. The van der Waals surface area contributed by atoms with Gasteiger partial charge in [0.2, 0.25) is 0 Å². The van der Waals surface area contributed by atoms with Crippen molar-refractivity contribution in [2.45, 2.75) is 6.42 Å². The highest BCUT2D eigenvalue weighted by Crippen LogP contribution is 2.38. The molecule has 1 aliphatic heterocycles. The minimum atomic E-state index is 0.863. The summed E-state index contributed by atoms with van der Waals surface area (Å²) < 4.78 is 0. The third-order valence-corrected chi connectivity index (χ3v) is 7.16. The van der Waals surface area contributed by atoms with E-state index in [2.05, 4.69) is 107 Å². The lowest BCUT2D eigenvalue weighted by Gasteiger charge is -2.14. The van der Waals surface area contributed by atoms with Gasteiger partial charge < -0.3 is 0 Å². The lowest BCUT2D eigenvalue weighted by atomic mass is 9.90. The van der Waals surface area contributed by atoms with Crippen molar-refractivity contribution in [1.29, 1.82) is 0 Å². The summed E-state index contributed by atoms with van der Waals surface area (Å²) in [7, 11) is 0. The zero-order valence-corrected chi connectivity index (χ0v) is 19.9. The van der Waals surface area contributed by atoms with Crippen molar-refractivity contribution in [3.8, 4) is 22.4 Å².